The topological polar surface area (TPSA) is 54.0 Å². The van der Waals surface area contributed by atoms with Crippen LogP contribution in [-0.2, 0) is 9.53 Å². The van der Waals surface area contributed by atoms with E-state index in [1.165, 1.54) is 27.2 Å². The molecule has 0 saturated carbocycles. The lowest BCUT2D eigenvalue weighted by molar-refractivity contribution is -0.188. The van der Waals surface area contributed by atoms with Gasteiger partial charge in [-0.15, -0.1) is 0 Å². The van der Waals surface area contributed by atoms with E-state index in [2.05, 4.69) is 4.74 Å². The molecule has 1 aromatic rings. The summed E-state index contributed by atoms with van der Waals surface area (Å²) in [6.07, 6.45) is -6.28. The van der Waals surface area contributed by atoms with Crippen molar-refractivity contribution in [3.63, 3.8) is 0 Å². The zero-order chi connectivity index (χ0) is 18.1. The van der Waals surface area contributed by atoms with Crippen molar-refractivity contribution in [1.29, 1.82) is 0 Å². The summed E-state index contributed by atoms with van der Waals surface area (Å²) in [5.74, 6) is -1.38. The number of alkyl halides is 3. The summed E-state index contributed by atoms with van der Waals surface area (Å²) in [7, 11) is 2.53. The molecule has 2 rings (SSSR count). The SMILES string of the molecule is CCOC(=O)C1=Cc2cc(Cl)c(OC)c(OC)c2OC1C(F)(F)F. The number of benzene rings is 1. The first-order valence-electron chi connectivity index (χ1n) is 6.81. The van der Waals surface area contributed by atoms with Gasteiger partial charge in [-0.2, -0.15) is 13.2 Å². The molecule has 5 nitrogen and oxygen atoms in total. The number of rotatable bonds is 4. The van der Waals surface area contributed by atoms with E-state index in [1.807, 2.05) is 0 Å². The Morgan fingerprint density at radius 1 is 1.29 bits per heavy atom. The third kappa shape index (κ3) is 3.24. The molecule has 1 unspecified atom stereocenters. The molecule has 0 spiro atoms. The van der Waals surface area contributed by atoms with Crippen molar-refractivity contribution in [3.05, 3.63) is 22.2 Å². The predicted octanol–water partition coefficient (Wildman–Crippen LogP) is 3.63. The van der Waals surface area contributed by atoms with Crippen LogP contribution in [0.15, 0.2) is 11.6 Å². The molecule has 1 aliphatic rings. The van der Waals surface area contributed by atoms with Crippen LogP contribution in [0.3, 0.4) is 0 Å². The second-order valence-corrected chi connectivity index (χ2v) is 5.11. The molecule has 24 heavy (non-hydrogen) atoms. The van der Waals surface area contributed by atoms with Gasteiger partial charge in [-0.25, -0.2) is 4.79 Å². The maximum Gasteiger partial charge on any atom is 0.430 e. The van der Waals surface area contributed by atoms with Crippen LogP contribution in [0.2, 0.25) is 5.02 Å². The van der Waals surface area contributed by atoms with E-state index in [9.17, 15) is 18.0 Å². The molecule has 0 bridgehead atoms. The second kappa shape index (κ2) is 6.80. The molecule has 1 heterocycles. The third-order valence-corrected chi connectivity index (χ3v) is 3.50. The van der Waals surface area contributed by atoms with Crippen LogP contribution in [-0.4, -0.2) is 39.1 Å². The summed E-state index contributed by atoms with van der Waals surface area (Å²) >= 11 is 6.03. The fourth-order valence-corrected chi connectivity index (χ4v) is 2.54. The second-order valence-electron chi connectivity index (χ2n) is 4.70. The number of hydrogen-bond donors (Lipinski definition) is 0. The molecule has 0 N–H and O–H groups in total. The van der Waals surface area contributed by atoms with E-state index in [1.54, 1.807) is 0 Å². The number of halogens is 4. The first-order valence-corrected chi connectivity index (χ1v) is 7.18. The smallest absolute Gasteiger partial charge is 0.430 e. The van der Waals surface area contributed by atoms with Gasteiger partial charge in [-0.05, 0) is 19.1 Å². The molecule has 1 aromatic carbocycles. The molecule has 132 valence electrons. The Balaban J connectivity index is 2.66. The lowest BCUT2D eigenvalue weighted by atomic mass is 10.0. The summed E-state index contributed by atoms with van der Waals surface area (Å²) in [5.41, 5.74) is -0.513. The van der Waals surface area contributed by atoms with Gasteiger partial charge in [0.25, 0.3) is 0 Å². The first kappa shape index (κ1) is 18.3. The molecule has 0 aliphatic carbocycles. The van der Waals surface area contributed by atoms with Gasteiger partial charge in [0.05, 0.1) is 31.4 Å². The van der Waals surface area contributed by atoms with Crippen LogP contribution in [0, 0.1) is 0 Å². The van der Waals surface area contributed by atoms with Crippen molar-refractivity contribution in [3.8, 4) is 17.2 Å². The van der Waals surface area contributed by atoms with Crippen LogP contribution in [0.5, 0.6) is 17.2 Å². The fraction of sp³-hybridized carbons (Fsp3) is 0.400. The lowest BCUT2D eigenvalue weighted by Gasteiger charge is -2.29. The van der Waals surface area contributed by atoms with E-state index < -0.39 is 23.8 Å². The van der Waals surface area contributed by atoms with Gasteiger partial charge >= 0.3 is 12.1 Å². The number of fused-ring (bicyclic) bond motifs is 1. The summed E-state index contributed by atoms with van der Waals surface area (Å²) in [6.45, 7) is 1.42. The van der Waals surface area contributed by atoms with Crippen molar-refractivity contribution in [1.82, 2.24) is 0 Å². The highest BCUT2D eigenvalue weighted by Crippen LogP contribution is 2.49. The monoisotopic (exact) mass is 366 g/mol. The molecule has 0 aromatic heterocycles. The maximum atomic E-state index is 13.3. The molecule has 1 atom stereocenters. The van der Waals surface area contributed by atoms with Crippen LogP contribution in [0.4, 0.5) is 13.2 Å². The van der Waals surface area contributed by atoms with Gasteiger partial charge in [0, 0.05) is 5.56 Å². The summed E-state index contributed by atoms with van der Waals surface area (Å²) in [4.78, 5) is 11.9. The Kier molecular flexibility index (Phi) is 5.17. The van der Waals surface area contributed by atoms with Crippen LogP contribution in [0.25, 0.3) is 6.08 Å². The average molecular weight is 367 g/mol. The highest BCUT2D eigenvalue weighted by Gasteiger charge is 2.49. The third-order valence-electron chi connectivity index (χ3n) is 3.22. The van der Waals surface area contributed by atoms with Crippen LogP contribution < -0.4 is 14.2 Å². The minimum Gasteiger partial charge on any atom is -0.491 e. The highest BCUT2D eigenvalue weighted by atomic mass is 35.5. The molecule has 0 radical (unpaired) electrons. The summed E-state index contributed by atoms with van der Waals surface area (Å²) < 4.78 is 59.8. The van der Waals surface area contributed by atoms with Crippen LogP contribution >= 0.6 is 11.6 Å². The van der Waals surface area contributed by atoms with Crippen molar-refractivity contribution >= 4 is 23.6 Å². The van der Waals surface area contributed by atoms with E-state index in [-0.39, 0.29) is 34.4 Å². The van der Waals surface area contributed by atoms with E-state index in [0.717, 1.165) is 6.08 Å². The van der Waals surface area contributed by atoms with Crippen molar-refractivity contribution < 1.29 is 36.9 Å². The number of carbonyl (C=O) groups excluding carboxylic acids is 1. The van der Waals surface area contributed by atoms with Crippen molar-refractivity contribution in [2.24, 2.45) is 0 Å². The maximum absolute atomic E-state index is 13.3. The Bertz CT molecular complexity index is 685. The van der Waals surface area contributed by atoms with E-state index in [0.29, 0.717) is 0 Å². The molecule has 0 saturated heterocycles. The van der Waals surface area contributed by atoms with Gasteiger partial charge < -0.3 is 18.9 Å². The standard InChI is InChI=1S/C15H14ClF3O5/c1-4-23-14(20)8-5-7-6-9(16)11(21-2)12(22-3)10(7)24-13(8)15(17,18)19/h5-6,13H,4H2,1-3H3. The molecular formula is C15H14ClF3O5. The summed E-state index contributed by atoms with van der Waals surface area (Å²) in [5, 5.41) is 0.0987. The normalized spacial score (nSPS) is 16.6. The molecule has 1 aliphatic heterocycles. The lowest BCUT2D eigenvalue weighted by Crippen LogP contribution is -2.40. The molecular weight excluding hydrogens is 353 g/mol. The number of ether oxygens (including phenoxy) is 4. The molecule has 0 amide bonds. The van der Waals surface area contributed by atoms with Gasteiger partial charge in [0.1, 0.15) is 0 Å². The predicted molar refractivity (Wildman–Crippen MR) is 79.6 cm³/mol. The molecule has 0 fully saturated rings. The Morgan fingerprint density at radius 3 is 2.42 bits per heavy atom. The number of methoxy groups -OCH3 is 2. The Hall–Kier alpha value is -2.09. The van der Waals surface area contributed by atoms with Crippen molar-refractivity contribution in [2.75, 3.05) is 20.8 Å². The largest absolute Gasteiger partial charge is 0.491 e. The summed E-state index contributed by atoms with van der Waals surface area (Å²) in [6, 6.07) is 1.32. The van der Waals surface area contributed by atoms with Crippen molar-refractivity contribution in [2.45, 2.75) is 19.2 Å². The van der Waals surface area contributed by atoms with E-state index in [4.69, 9.17) is 25.8 Å². The van der Waals surface area contributed by atoms with E-state index >= 15 is 0 Å². The average Bonchev–Trinajstić information content (AvgIpc) is 2.51. The van der Waals surface area contributed by atoms with Gasteiger partial charge in [-0.1, -0.05) is 11.6 Å². The minimum atomic E-state index is -4.83. The quantitative estimate of drug-likeness (QED) is 0.762. The van der Waals surface area contributed by atoms with Gasteiger partial charge in [0.15, 0.2) is 11.5 Å². The van der Waals surface area contributed by atoms with Gasteiger partial charge in [-0.3, -0.25) is 0 Å². The molecule has 9 heteroatoms. The Morgan fingerprint density at radius 2 is 1.92 bits per heavy atom. The van der Waals surface area contributed by atoms with Gasteiger partial charge in [0.2, 0.25) is 11.9 Å². The zero-order valence-electron chi connectivity index (χ0n) is 13.0. The highest BCUT2D eigenvalue weighted by molar-refractivity contribution is 6.32. The minimum absolute atomic E-state index is 0.0341. The first-order chi connectivity index (χ1) is 11.2. The number of esters is 1. The number of hydrogen-bond acceptors (Lipinski definition) is 5. The zero-order valence-corrected chi connectivity index (χ0v) is 13.7. The van der Waals surface area contributed by atoms with Crippen LogP contribution in [0.1, 0.15) is 12.5 Å². The number of carbonyl (C=O) groups is 1. The Labute approximate surface area is 140 Å². The fourth-order valence-electron chi connectivity index (χ4n) is 2.26.